The summed E-state index contributed by atoms with van der Waals surface area (Å²) in [5.41, 5.74) is 0. The Bertz CT molecular complexity index is 278. The molecule has 0 bridgehead atoms. The van der Waals surface area contributed by atoms with Crippen molar-refractivity contribution in [3.63, 3.8) is 0 Å². The molecule has 0 aliphatic heterocycles. The van der Waals surface area contributed by atoms with E-state index in [9.17, 15) is 4.79 Å². The van der Waals surface area contributed by atoms with Gasteiger partial charge in [-0.3, -0.25) is 4.79 Å². The van der Waals surface area contributed by atoms with Crippen molar-refractivity contribution in [2.45, 2.75) is 77.6 Å². The molecule has 22 heavy (non-hydrogen) atoms. The molecule has 0 fully saturated rings. The highest BCUT2D eigenvalue weighted by molar-refractivity contribution is 5.75. The average molecular weight is 312 g/mol. The molecule has 4 heteroatoms. The molecule has 0 aromatic heterocycles. The number of unbranched alkanes of at least 4 members (excludes halogenated alkanes) is 7. The molecule has 0 atom stereocenters. The van der Waals surface area contributed by atoms with Gasteiger partial charge in [0.2, 0.25) is 5.91 Å². The maximum absolute atomic E-state index is 11.6. The van der Waals surface area contributed by atoms with Crippen molar-refractivity contribution < 1.29 is 10.0 Å². The summed E-state index contributed by atoms with van der Waals surface area (Å²) in [6.07, 6.45) is 16.9. The Morgan fingerprint density at radius 2 is 1.64 bits per heavy atom. The number of hydrogen-bond donors (Lipinski definition) is 2. The van der Waals surface area contributed by atoms with Crippen molar-refractivity contribution in [3.8, 4) is 0 Å². The van der Waals surface area contributed by atoms with Gasteiger partial charge in [0.05, 0.1) is 0 Å². The molecule has 2 N–H and O–H groups in total. The Labute approximate surface area is 136 Å². The number of rotatable bonds is 15. The molecule has 0 aromatic rings. The first-order chi connectivity index (χ1) is 10.7. The summed E-state index contributed by atoms with van der Waals surface area (Å²) >= 11 is 0. The number of allylic oxidation sites excluding steroid dienone is 2. The van der Waals surface area contributed by atoms with Crippen molar-refractivity contribution in [3.05, 3.63) is 12.2 Å². The van der Waals surface area contributed by atoms with E-state index < -0.39 is 0 Å². The SMILES string of the molecule is CCCC/C=C/CCCCCCCC(=O)NCCCN(C)O. The number of carbonyl (C=O) groups excluding carboxylic acids is 1. The molecule has 130 valence electrons. The number of nitrogens with zero attached hydrogens (tertiary/aromatic N) is 1. The van der Waals surface area contributed by atoms with Crippen LogP contribution in [0.2, 0.25) is 0 Å². The molecule has 0 saturated heterocycles. The summed E-state index contributed by atoms with van der Waals surface area (Å²) in [6, 6.07) is 0. The summed E-state index contributed by atoms with van der Waals surface area (Å²) in [5, 5.41) is 13.0. The van der Waals surface area contributed by atoms with Crippen molar-refractivity contribution in [2.75, 3.05) is 20.1 Å². The van der Waals surface area contributed by atoms with Crippen molar-refractivity contribution in [1.82, 2.24) is 10.4 Å². The second-order valence-electron chi connectivity index (χ2n) is 6.00. The minimum absolute atomic E-state index is 0.138. The van der Waals surface area contributed by atoms with Crippen LogP contribution >= 0.6 is 0 Å². The lowest BCUT2D eigenvalue weighted by Gasteiger charge is -2.08. The molecule has 0 aliphatic carbocycles. The van der Waals surface area contributed by atoms with Crippen LogP contribution in [-0.4, -0.2) is 36.3 Å². The zero-order valence-corrected chi connectivity index (χ0v) is 14.6. The topological polar surface area (TPSA) is 52.6 Å². The van der Waals surface area contributed by atoms with E-state index in [0.717, 1.165) is 24.3 Å². The summed E-state index contributed by atoms with van der Waals surface area (Å²) in [7, 11) is 1.61. The Balaban J connectivity index is 3.21. The number of hydrogen-bond acceptors (Lipinski definition) is 3. The third-order valence-electron chi connectivity index (χ3n) is 3.65. The van der Waals surface area contributed by atoms with Crippen LogP contribution in [0.4, 0.5) is 0 Å². The molecule has 0 spiro atoms. The lowest BCUT2D eigenvalue weighted by atomic mass is 10.1. The molecule has 0 aromatic carbocycles. The van der Waals surface area contributed by atoms with E-state index in [4.69, 9.17) is 5.21 Å². The van der Waals surface area contributed by atoms with Gasteiger partial charge < -0.3 is 10.5 Å². The largest absolute Gasteiger partial charge is 0.356 e. The monoisotopic (exact) mass is 312 g/mol. The third-order valence-corrected chi connectivity index (χ3v) is 3.65. The average Bonchev–Trinajstić information content (AvgIpc) is 2.49. The minimum atomic E-state index is 0.138. The van der Waals surface area contributed by atoms with Gasteiger partial charge in [-0.1, -0.05) is 51.2 Å². The fourth-order valence-corrected chi connectivity index (χ4v) is 2.26. The van der Waals surface area contributed by atoms with E-state index in [1.54, 1.807) is 7.05 Å². The molecule has 0 heterocycles. The Morgan fingerprint density at radius 1 is 1.00 bits per heavy atom. The minimum Gasteiger partial charge on any atom is -0.356 e. The first kappa shape index (κ1) is 21.1. The van der Waals surface area contributed by atoms with Crippen LogP contribution < -0.4 is 5.32 Å². The van der Waals surface area contributed by atoms with Gasteiger partial charge in [0, 0.05) is 26.6 Å². The second kappa shape index (κ2) is 16.5. The summed E-state index contributed by atoms with van der Waals surface area (Å²) in [4.78, 5) is 11.6. The highest BCUT2D eigenvalue weighted by Crippen LogP contribution is 2.08. The van der Waals surface area contributed by atoms with Crippen LogP contribution in [0, 0.1) is 0 Å². The lowest BCUT2D eigenvalue weighted by Crippen LogP contribution is -2.26. The van der Waals surface area contributed by atoms with Crippen LogP contribution in [0.1, 0.15) is 77.6 Å². The maximum Gasteiger partial charge on any atom is 0.219 e. The fourth-order valence-electron chi connectivity index (χ4n) is 2.26. The summed E-state index contributed by atoms with van der Waals surface area (Å²) in [5.74, 6) is 0.138. The predicted molar refractivity (Wildman–Crippen MR) is 93.0 cm³/mol. The van der Waals surface area contributed by atoms with E-state index in [0.29, 0.717) is 19.5 Å². The Kier molecular flexibility index (Phi) is 15.8. The van der Waals surface area contributed by atoms with Crippen molar-refractivity contribution in [2.24, 2.45) is 0 Å². The maximum atomic E-state index is 11.6. The lowest BCUT2D eigenvalue weighted by molar-refractivity contribution is -0.121. The van der Waals surface area contributed by atoms with E-state index in [2.05, 4.69) is 24.4 Å². The van der Waals surface area contributed by atoms with Crippen LogP contribution in [0.25, 0.3) is 0 Å². The number of hydroxylamine groups is 2. The van der Waals surface area contributed by atoms with E-state index >= 15 is 0 Å². The standard InChI is InChI=1S/C18H36N2O2/c1-3-4-5-6-7-8-9-10-11-12-13-15-18(21)19-16-14-17-20(2)22/h6-7,22H,3-5,8-17H2,1-2H3,(H,19,21)/b7-6+. The number of nitrogens with one attached hydrogen (secondary N) is 1. The normalized spacial score (nSPS) is 11.5. The van der Waals surface area contributed by atoms with Gasteiger partial charge in [-0.15, -0.1) is 0 Å². The van der Waals surface area contributed by atoms with E-state index in [1.165, 1.54) is 44.9 Å². The van der Waals surface area contributed by atoms with E-state index in [-0.39, 0.29) is 5.91 Å². The first-order valence-corrected chi connectivity index (χ1v) is 8.98. The van der Waals surface area contributed by atoms with Gasteiger partial charge in [0.25, 0.3) is 0 Å². The zero-order chi connectivity index (χ0) is 16.5. The van der Waals surface area contributed by atoms with Gasteiger partial charge in [-0.2, -0.15) is 5.06 Å². The third kappa shape index (κ3) is 17.2. The van der Waals surface area contributed by atoms with Crippen LogP contribution in [0.15, 0.2) is 12.2 Å². The predicted octanol–water partition coefficient (Wildman–Crippen LogP) is 4.29. The number of amides is 1. The molecule has 4 nitrogen and oxygen atoms in total. The summed E-state index contributed by atoms with van der Waals surface area (Å²) < 4.78 is 0. The zero-order valence-electron chi connectivity index (χ0n) is 14.6. The van der Waals surface area contributed by atoms with Gasteiger partial charge in [-0.05, 0) is 32.1 Å². The van der Waals surface area contributed by atoms with Gasteiger partial charge in [0.1, 0.15) is 0 Å². The number of carbonyl (C=O) groups is 1. The van der Waals surface area contributed by atoms with Gasteiger partial charge in [0.15, 0.2) is 0 Å². The molecular weight excluding hydrogens is 276 g/mol. The van der Waals surface area contributed by atoms with Crippen molar-refractivity contribution in [1.29, 1.82) is 0 Å². The van der Waals surface area contributed by atoms with Crippen LogP contribution in [0.3, 0.4) is 0 Å². The highest BCUT2D eigenvalue weighted by Gasteiger charge is 2.00. The molecule has 0 aliphatic rings. The second-order valence-corrected chi connectivity index (χ2v) is 6.00. The van der Waals surface area contributed by atoms with E-state index in [1.807, 2.05) is 0 Å². The van der Waals surface area contributed by atoms with Crippen LogP contribution in [0.5, 0.6) is 0 Å². The molecule has 0 saturated carbocycles. The first-order valence-electron chi connectivity index (χ1n) is 8.98. The van der Waals surface area contributed by atoms with Crippen molar-refractivity contribution >= 4 is 5.91 Å². The van der Waals surface area contributed by atoms with Crippen LogP contribution in [-0.2, 0) is 4.79 Å². The molecular formula is C18H36N2O2. The van der Waals surface area contributed by atoms with Gasteiger partial charge >= 0.3 is 0 Å². The molecule has 0 rings (SSSR count). The molecule has 0 radical (unpaired) electrons. The summed E-state index contributed by atoms with van der Waals surface area (Å²) in [6.45, 7) is 3.46. The van der Waals surface area contributed by atoms with Gasteiger partial charge in [-0.25, -0.2) is 0 Å². The smallest absolute Gasteiger partial charge is 0.219 e. The Hall–Kier alpha value is -0.870. The molecule has 1 amide bonds. The quantitative estimate of drug-likeness (QED) is 0.269. The Morgan fingerprint density at radius 3 is 2.32 bits per heavy atom. The fraction of sp³-hybridized carbons (Fsp3) is 0.833. The molecule has 0 unspecified atom stereocenters. The highest BCUT2D eigenvalue weighted by atomic mass is 16.5.